The average molecular weight is 381 g/mol. The third kappa shape index (κ3) is 2.70. The maximum Gasteiger partial charge on any atom is 0.222 e. The van der Waals surface area contributed by atoms with Crippen LogP contribution in [0.1, 0.15) is 79.6 Å². The van der Waals surface area contributed by atoms with Crippen molar-refractivity contribution in [2.24, 2.45) is 34.5 Å². The molecular weight excluding hydrogens is 344 g/mol. The molecular formula is C23H37B2NO2. The van der Waals surface area contributed by atoms with Gasteiger partial charge in [0.25, 0.3) is 0 Å². The van der Waals surface area contributed by atoms with Crippen LogP contribution in [0.4, 0.5) is 0 Å². The number of amides is 1. The molecule has 4 radical (unpaired) electrons. The fraction of sp³-hybridized carbons (Fsp3) is 0.957. The van der Waals surface area contributed by atoms with Crippen LogP contribution >= 0.6 is 0 Å². The Morgan fingerprint density at radius 1 is 1.18 bits per heavy atom. The number of carbonyl (C=O) groups is 1. The molecule has 152 valence electrons. The zero-order valence-electron chi connectivity index (χ0n) is 18.5. The van der Waals surface area contributed by atoms with Gasteiger partial charge in [0, 0.05) is 24.5 Å². The molecule has 5 heteroatoms. The first-order chi connectivity index (χ1) is 12.9. The smallest absolute Gasteiger partial charge is 0.222 e. The summed E-state index contributed by atoms with van der Waals surface area (Å²) in [5, 5.41) is 11.5. The summed E-state index contributed by atoms with van der Waals surface area (Å²) in [7, 11) is 13.4. The Labute approximate surface area is 174 Å². The molecule has 0 spiro atoms. The Hall–Kier alpha value is -0.440. The van der Waals surface area contributed by atoms with E-state index in [0.717, 1.165) is 32.2 Å². The Bertz CT molecular complexity index is 659. The highest BCUT2D eigenvalue weighted by Gasteiger charge is 2.67. The summed E-state index contributed by atoms with van der Waals surface area (Å²) in [5.74, 6) is 1.70. The molecule has 3 saturated carbocycles. The van der Waals surface area contributed by atoms with Gasteiger partial charge in [0.05, 0.1) is 7.85 Å². The van der Waals surface area contributed by atoms with Gasteiger partial charge in [-0.25, -0.2) is 0 Å². The molecule has 0 aromatic carbocycles. The van der Waals surface area contributed by atoms with E-state index in [4.69, 9.17) is 15.7 Å². The summed E-state index contributed by atoms with van der Waals surface area (Å²) in [5.41, 5.74) is -1.31. The predicted molar refractivity (Wildman–Crippen MR) is 114 cm³/mol. The second-order valence-corrected chi connectivity index (χ2v) is 11.7. The molecule has 0 bridgehead atoms. The summed E-state index contributed by atoms with van der Waals surface area (Å²) in [6.07, 6.45) is 6.48. The van der Waals surface area contributed by atoms with Crippen molar-refractivity contribution in [3.63, 3.8) is 0 Å². The Kier molecular flexibility index (Phi) is 4.67. The van der Waals surface area contributed by atoms with Crippen molar-refractivity contribution in [2.45, 2.75) is 96.4 Å². The van der Waals surface area contributed by atoms with Crippen LogP contribution in [-0.4, -0.2) is 49.7 Å². The SMILES string of the molecule is [B]C(C)(C)C1CCC2C3CCC4N(CC)C(=O)CC[C@]4(C)C3[C@@]([B])(O)C[C@@]21C. The van der Waals surface area contributed by atoms with Gasteiger partial charge in [-0.05, 0) is 80.0 Å². The topological polar surface area (TPSA) is 40.5 Å². The van der Waals surface area contributed by atoms with E-state index in [1.165, 1.54) is 6.42 Å². The molecule has 4 fully saturated rings. The van der Waals surface area contributed by atoms with Crippen molar-refractivity contribution >= 4 is 21.6 Å². The molecule has 1 saturated heterocycles. The lowest BCUT2D eigenvalue weighted by Gasteiger charge is -2.67. The van der Waals surface area contributed by atoms with Crippen molar-refractivity contribution in [1.29, 1.82) is 0 Å². The molecule has 0 aromatic heterocycles. The number of carbonyl (C=O) groups excluding carboxylic acids is 1. The van der Waals surface area contributed by atoms with E-state index in [1.807, 2.05) is 0 Å². The van der Waals surface area contributed by atoms with Gasteiger partial charge in [-0.1, -0.05) is 33.0 Å². The van der Waals surface area contributed by atoms with Crippen LogP contribution in [0.3, 0.4) is 0 Å². The van der Waals surface area contributed by atoms with Gasteiger partial charge >= 0.3 is 0 Å². The average Bonchev–Trinajstić information content (AvgIpc) is 2.90. The highest BCUT2D eigenvalue weighted by Crippen LogP contribution is 2.70. The summed E-state index contributed by atoms with van der Waals surface area (Å²) in [4.78, 5) is 14.6. The van der Waals surface area contributed by atoms with E-state index in [-0.39, 0.29) is 34.0 Å². The first kappa shape index (κ1) is 20.8. The van der Waals surface area contributed by atoms with Crippen molar-refractivity contribution in [3.05, 3.63) is 0 Å². The maximum atomic E-state index is 12.5. The van der Waals surface area contributed by atoms with Crippen LogP contribution in [0.5, 0.6) is 0 Å². The predicted octanol–water partition coefficient (Wildman–Crippen LogP) is 3.69. The van der Waals surface area contributed by atoms with Crippen LogP contribution in [0.15, 0.2) is 0 Å². The van der Waals surface area contributed by atoms with Gasteiger partial charge in [-0.15, -0.1) is 0 Å². The van der Waals surface area contributed by atoms with Gasteiger partial charge in [0.15, 0.2) is 0 Å². The van der Waals surface area contributed by atoms with E-state index in [0.29, 0.717) is 30.6 Å². The second kappa shape index (κ2) is 6.28. The van der Waals surface area contributed by atoms with Gasteiger partial charge in [0.2, 0.25) is 5.91 Å². The molecule has 0 aromatic rings. The molecule has 4 rings (SSSR count). The maximum absolute atomic E-state index is 12.5. The minimum absolute atomic E-state index is 0.0129. The van der Waals surface area contributed by atoms with E-state index in [9.17, 15) is 9.90 Å². The lowest BCUT2D eigenvalue weighted by Crippen LogP contribution is -2.69. The van der Waals surface area contributed by atoms with Gasteiger partial charge < -0.3 is 10.0 Å². The zero-order chi connectivity index (χ0) is 20.7. The fourth-order valence-corrected chi connectivity index (χ4v) is 9.01. The second-order valence-electron chi connectivity index (χ2n) is 11.7. The van der Waals surface area contributed by atoms with Crippen molar-refractivity contribution in [3.8, 4) is 0 Å². The molecule has 8 atom stereocenters. The molecule has 1 amide bonds. The summed E-state index contributed by atoms with van der Waals surface area (Å²) in [6.45, 7) is 11.8. The monoisotopic (exact) mass is 381 g/mol. The first-order valence-corrected chi connectivity index (χ1v) is 11.5. The molecule has 3 nitrogen and oxygen atoms in total. The number of piperidine rings is 1. The van der Waals surface area contributed by atoms with Crippen LogP contribution in [0.25, 0.3) is 0 Å². The van der Waals surface area contributed by atoms with Crippen LogP contribution < -0.4 is 0 Å². The van der Waals surface area contributed by atoms with Gasteiger partial charge in [-0.2, -0.15) is 0 Å². The van der Waals surface area contributed by atoms with E-state index in [2.05, 4.69) is 39.5 Å². The van der Waals surface area contributed by atoms with E-state index in [1.54, 1.807) is 0 Å². The standard InChI is InChI=1S/C23H37B2NO2/c1-6-26-17-10-7-14-15-8-9-16(20(2,3)24)22(15,5)13-23(25,28)19(14)21(17,4)12-11-18(26)27/h14-17,19,28H,6-13H2,1-5H3/t14?,15?,16?,17?,19?,21-,22-,23-/m0/s1. The quantitative estimate of drug-likeness (QED) is 0.742. The number of hydrogen-bond acceptors (Lipinski definition) is 2. The number of fused-ring (bicyclic) bond motifs is 5. The van der Waals surface area contributed by atoms with Crippen molar-refractivity contribution < 1.29 is 9.90 Å². The number of hydrogen-bond donors (Lipinski definition) is 1. The molecule has 4 aliphatic rings. The van der Waals surface area contributed by atoms with Crippen LogP contribution in [-0.2, 0) is 4.79 Å². The van der Waals surface area contributed by atoms with Crippen LogP contribution in [0.2, 0.25) is 5.31 Å². The minimum atomic E-state index is -1.20. The van der Waals surface area contributed by atoms with E-state index < -0.39 is 5.50 Å². The lowest BCUT2D eigenvalue weighted by molar-refractivity contribution is -0.198. The number of nitrogens with zero attached hydrogens (tertiary/aromatic N) is 1. The molecule has 3 aliphatic carbocycles. The highest BCUT2D eigenvalue weighted by molar-refractivity contribution is 6.15. The van der Waals surface area contributed by atoms with Gasteiger partial charge in [0.1, 0.15) is 7.85 Å². The van der Waals surface area contributed by atoms with Crippen molar-refractivity contribution in [1.82, 2.24) is 4.90 Å². The lowest BCUT2D eigenvalue weighted by atomic mass is 9.38. The molecule has 28 heavy (non-hydrogen) atoms. The van der Waals surface area contributed by atoms with Gasteiger partial charge in [-0.3, -0.25) is 4.79 Å². The Balaban J connectivity index is 1.74. The summed E-state index contributed by atoms with van der Waals surface area (Å²) in [6, 6.07) is 0.211. The molecule has 1 aliphatic heterocycles. The molecule has 1 N–H and O–H groups in total. The Morgan fingerprint density at radius 3 is 2.46 bits per heavy atom. The first-order valence-electron chi connectivity index (χ1n) is 11.5. The zero-order valence-corrected chi connectivity index (χ0v) is 18.5. The highest BCUT2D eigenvalue weighted by atomic mass is 16.3. The number of aliphatic hydroxyl groups is 1. The largest absolute Gasteiger partial charge is 0.399 e. The van der Waals surface area contributed by atoms with Crippen molar-refractivity contribution in [2.75, 3.05) is 6.54 Å². The fourth-order valence-electron chi connectivity index (χ4n) is 9.01. The Morgan fingerprint density at radius 2 is 1.86 bits per heavy atom. The third-order valence-electron chi connectivity index (χ3n) is 9.62. The number of likely N-dealkylation sites (tertiary alicyclic amines) is 1. The summed E-state index contributed by atoms with van der Waals surface area (Å²) < 4.78 is 0. The normalized spacial score (nSPS) is 51.4. The summed E-state index contributed by atoms with van der Waals surface area (Å²) >= 11 is 0. The minimum Gasteiger partial charge on any atom is -0.399 e. The third-order valence-corrected chi connectivity index (χ3v) is 9.62. The molecule has 5 unspecified atom stereocenters. The molecule has 1 heterocycles. The number of rotatable bonds is 2. The van der Waals surface area contributed by atoms with Crippen LogP contribution in [0, 0.1) is 34.5 Å². The van der Waals surface area contributed by atoms with E-state index >= 15 is 0 Å².